The van der Waals surface area contributed by atoms with Crippen LogP contribution in [0.5, 0.6) is 0 Å². The molecule has 0 aliphatic rings. The highest BCUT2D eigenvalue weighted by Crippen LogP contribution is 2.04. The lowest BCUT2D eigenvalue weighted by molar-refractivity contribution is 0.185. The van der Waals surface area contributed by atoms with Crippen LogP contribution in [0.1, 0.15) is 25.6 Å². The predicted octanol–water partition coefficient (Wildman–Crippen LogP) is -0.370. The summed E-state index contributed by atoms with van der Waals surface area (Å²) in [5.41, 5.74) is 11.0. The van der Waals surface area contributed by atoms with Crippen molar-refractivity contribution in [2.75, 3.05) is 31.2 Å². The highest BCUT2D eigenvalue weighted by molar-refractivity contribution is 5.25. The molecule has 0 aliphatic carbocycles. The van der Waals surface area contributed by atoms with Gasteiger partial charge in [0.15, 0.2) is 0 Å². The summed E-state index contributed by atoms with van der Waals surface area (Å²) in [6.07, 6.45) is 2.17. The van der Waals surface area contributed by atoms with Crippen LogP contribution in [0.4, 0.5) is 11.9 Å². The molecule has 0 aliphatic heterocycles. The van der Waals surface area contributed by atoms with E-state index in [0.717, 1.165) is 19.4 Å². The molecule has 0 bridgehead atoms. The van der Waals surface area contributed by atoms with Gasteiger partial charge in [-0.2, -0.15) is 15.0 Å². The first kappa shape index (κ1) is 13.6. The number of hydrogen-bond donors (Lipinski definition) is 3. The third-order valence-electron chi connectivity index (χ3n) is 2.33. The molecule has 0 unspecified atom stereocenters. The first-order chi connectivity index (χ1) is 8.15. The maximum atomic E-state index is 8.98. The van der Waals surface area contributed by atoms with Gasteiger partial charge in [-0.1, -0.05) is 13.3 Å². The van der Waals surface area contributed by atoms with Crippen molar-refractivity contribution < 1.29 is 5.11 Å². The van der Waals surface area contributed by atoms with Gasteiger partial charge in [0.05, 0.1) is 13.2 Å². The quantitative estimate of drug-likeness (QED) is 0.595. The molecule has 7 heteroatoms. The SMILES string of the molecule is CCCCN(CCO)Cc1nc(N)nc(N)n1. The number of hydrogen-bond acceptors (Lipinski definition) is 7. The Morgan fingerprint density at radius 1 is 1.12 bits per heavy atom. The third kappa shape index (κ3) is 4.92. The van der Waals surface area contributed by atoms with Crippen LogP contribution in [0, 0.1) is 0 Å². The fourth-order valence-corrected chi connectivity index (χ4v) is 1.52. The van der Waals surface area contributed by atoms with E-state index < -0.39 is 0 Å². The van der Waals surface area contributed by atoms with Gasteiger partial charge in [0.2, 0.25) is 11.9 Å². The van der Waals surface area contributed by atoms with Crippen molar-refractivity contribution in [1.29, 1.82) is 0 Å². The highest BCUT2D eigenvalue weighted by Gasteiger charge is 2.08. The molecule has 0 aromatic carbocycles. The van der Waals surface area contributed by atoms with E-state index in [2.05, 4.69) is 26.8 Å². The van der Waals surface area contributed by atoms with E-state index in [1.54, 1.807) is 0 Å². The molecule has 0 saturated carbocycles. The molecule has 96 valence electrons. The number of aromatic nitrogens is 3. The highest BCUT2D eigenvalue weighted by atomic mass is 16.3. The third-order valence-corrected chi connectivity index (χ3v) is 2.33. The molecule has 0 atom stereocenters. The molecule has 1 heterocycles. The number of nitrogens with zero attached hydrogens (tertiary/aromatic N) is 4. The van der Waals surface area contributed by atoms with Crippen molar-refractivity contribution in [2.24, 2.45) is 0 Å². The van der Waals surface area contributed by atoms with Crippen LogP contribution in [-0.4, -0.2) is 44.7 Å². The summed E-state index contributed by atoms with van der Waals surface area (Å²) in [6.45, 7) is 4.24. The van der Waals surface area contributed by atoms with Crippen LogP contribution in [-0.2, 0) is 6.54 Å². The number of aliphatic hydroxyl groups is 1. The van der Waals surface area contributed by atoms with Crippen molar-refractivity contribution in [1.82, 2.24) is 19.9 Å². The summed E-state index contributed by atoms with van der Waals surface area (Å²) in [4.78, 5) is 13.8. The Balaban J connectivity index is 2.63. The van der Waals surface area contributed by atoms with E-state index in [9.17, 15) is 0 Å². The fourth-order valence-electron chi connectivity index (χ4n) is 1.52. The molecule has 0 amide bonds. The number of aliphatic hydroxyl groups excluding tert-OH is 1. The molecule has 0 radical (unpaired) electrons. The average molecular weight is 240 g/mol. The normalized spacial score (nSPS) is 11.0. The summed E-state index contributed by atoms with van der Waals surface area (Å²) in [7, 11) is 0. The number of unbranched alkanes of at least 4 members (excludes halogenated alkanes) is 1. The van der Waals surface area contributed by atoms with E-state index in [-0.39, 0.29) is 18.5 Å². The predicted molar refractivity (Wildman–Crippen MR) is 65.9 cm³/mol. The lowest BCUT2D eigenvalue weighted by Gasteiger charge is -2.19. The molecular formula is C10H20N6O. The first-order valence-corrected chi connectivity index (χ1v) is 5.74. The first-order valence-electron chi connectivity index (χ1n) is 5.74. The molecule has 1 aromatic rings. The van der Waals surface area contributed by atoms with Gasteiger partial charge >= 0.3 is 0 Å². The Labute approximate surface area is 101 Å². The van der Waals surface area contributed by atoms with Crippen molar-refractivity contribution in [3.63, 3.8) is 0 Å². The summed E-state index contributed by atoms with van der Waals surface area (Å²) in [5, 5.41) is 8.98. The zero-order chi connectivity index (χ0) is 12.7. The lowest BCUT2D eigenvalue weighted by Crippen LogP contribution is -2.28. The number of rotatable bonds is 7. The molecule has 1 aromatic heterocycles. The topological polar surface area (TPSA) is 114 Å². The van der Waals surface area contributed by atoms with Gasteiger partial charge in [-0.3, -0.25) is 4.90 Å². The van der Waals surface area contributed by atoms with Gasteiger partial charge in [-0.25, -0.2) is 0 Å². The smallest absolute Gasteiger partial charge is 0.225 e. The van der Waals surface area contributed by atoms with Crippen molar-refractivity contribution in [2.45, 2.75) is 26.3 Å². The minimum Gasteiger partial charge on any atom is -0.395 e. The van der Waals surface area contributed by atoms with Crippen LogP contribution < -0.4 is 11.5 Å². The Hall–Kier alpha value is -1.47. The molecule has 17 heavy (non-hydrogen) atoms. The Morgan fingerprint density at radius 3 is 2.29 bits per heavy atom. The summed E-state index contributed by atoms with van der Waals surface area (Å²) in [6, 6.07) is 0. The average Bonchev–Trinajstić information content (AvgIpc) is 2.24. The van der Waals surface area contributed by atoms with Crippen LogP contribution in [0.2, 0.25) is 0 Å². The van der Waals surface area contributed by atoms with E-state index in [1.165, 1.54) is 0 Å². The molecule has 7 nitrogen and oxygen atoms in total. The van der Waals surface area contributed by atoms with E-state index in [4.69, 9.17) is 16.6 Å². The second kappa shape index (κ2) is 6.97. The van der Waals surface area contributed by atoms with Crippen LogP contribution in [0.3, 0.4) is 0 Å². The maximum absolute atomic E-state index is 8.98. The van der Waals surface area contributed by atoms with E-state index in [0.29, 0.717) is 18.9 Å². The van der Waals surface area contributed by atoms with Gasteiger partial charge in [0.1, 0.15) is 5.82 Å². The second-order valence-electron chi connectivity index (χ2n) is 3.82. The van der Waals surface area contributed by atoms with Gasteiger partial charge in [-0.05, 0) is 13.0 Å². The lowest BCUT2D eigenvalue weighted by atomic mass is 10.3. The minimum absolute atomic E-state index is 0.111. The molecule has 0 saturated heterocycles. The van der Waals surface area contributed by atoms with Gasteiger partial charge in [0, 0.05) is 6.54 Å². The van der Waals surface area contributed by atoms with Crippen molar-refractivity contribution in [3.8, 4) is 0 Å². The maximum Gasteiger partial charge on any atom is 0.225 e. The summed E-state index contributed by atoms with van der Waals surface area (Å²) < 4.78 is 0. The Bertz CT molecular complexity index is 325. The van der Waals surface area contributed by atoms with Gasteiger partial charge in [-0.15, -0.1) is 0 Å². The van der Waals surface area contributed by atoms with Crippen molar-refractivity contribution in [3.05, 3.63) is 5.82 Å². The summed E-state index contributed by atoms with van der Waals surface area (Å²) in [5.74, 6) is 0.804. The number of nitrogen functional groups attached to an aromatic ring is 2. The van der Waals surface area contributed by atoms with E-state index >= 15 is 0 Å². The second-order valence-corrected chi connectivity index (χ2v) is 3.82. The van der Waals surface area contributed by atoms with Gasteiger partial charge < -0.3 is 16.6 Å². The largest absolute Gasteiger partial charge is 0.395 e. The zero-order valence-electron chi connectivity index (χ0n) is 10.1. The molecule has 5 N–H and O–H groups in total. The van der Waals surface area contributed by atoms with Crippen molar-refractivity contribution >= 4 is 11.9 Å². The Morgan fingerprint density at radius 2 is 1.76 bits per heavy atom. The number of anilines is 2. The summed E-state index contributed by atoms with van der Waals surface area (Å²) >= 11 is 0. The monoisotopic (exact) mass is 240 g/mol. The fraction of sp³-hybridized carbons (Fsp3) is 0.700. The molecular weight excluding hydrogens is 220 g/mol. The molecule has 1 rings (SSSR count). The van der Waals surface area contributed by atoms with Crippen LogP contribution >= 0.6 is 0 Å². The van der Waals surface area contributed by atoms with Crippen LogP contribution in [0.15, 0.2) is 0 Å². The molecule has 0 spiro atoms. The minimum atomic E-state index is 0.111. The Kier molecular flexibility index (Phi) is 5.58. The standard InChI is InChI=1S/C10H20N6O/c1-2-3-4-16(5-6-17)7-8-13-9(11)15-10(12)14-8/h17H,2-7H2,1H3,(H4,11,12,13,14,15). The van der Waals surface area contributed by atoms with Gasteiger partial charge in [0.25, 0.3) is 0 Å². The van der Waals surface area contributed by atoms with E-state index in [1.807, 2.05) is 0 Å². The number of nitrogens with two attached hydrogens (primary N) is 2. The zero-order valence-corrected chi connectivity index (χ0v) is 10.1. The van der Waals surface area contributed by atoms with Crippen LogP contribution in [0.25, 0.3) is 0 Å². The molecule has 0 fully saturated rings.